The largest absolute Gasteiger partial charge is 0.481 e. The second-order valence-corrected chi connectivity index (χ2v) is 5.83. The molecule has 6 heteroatoms. The van der Waals surface area contributed by atoms with E-state index in [9.17, 15) is 23.5 Å². The van der Waals surface area contributed by atoms with Crippen molar-refractivity contribution in [2.24, 2.45) is 0 Å². The van der Waals surface area contributed by atoms with Crippen LogP contribution in [0.5, 0.6) is 0 Å². The number of halogens is 2. The summed E-state index contributed by atoms with van der Waals surface area (Å²) in [5.41, 5.74) is 0.711. The lowest BCUT2D eigenvalue weighted by molar-refractivity contribution is -0.139. The maximum absolute atomic E-state index is 14.0. The molecule has 2 aromatic rings. The summed E-state index contributed by atoms with van der Waals surface area (Å²) >= 11 is 0. The molecule has 124 valence electrons. The summed E-state index contributed by atoms with van der Waals surface area (Å²) in [6.07, 6.45) is 0.223. The number of rotatable bonds is 2. The van der Waals surface area contributed by atoms with E-state index in [-0.39, 0.29) is 12.0 Å². The summed E-state index contributed by atoms with van der Waals surface area (Å²) in [7, 11) is 0. The molecule has 0 radical (unpaired) electrons. The van der Waals surface area contributed by atoms with Crippen LogP contribution in [-0.4, -0.2) is 23.0 Å². The fourth-order valence-electron chi connectivity index (χ4n) is 3.15. The topological polar surface area (TPSA) is 57.6 Å². The van der Waals surface area contributed by atoms with Gasteiger partial charge in [-0.1, -0.05) is 18.2 Å². The van der Waals surface area contributed by atoms with Gasteiger partial charge in [-0.05, 0) is 37.1 Å². The Bertz CT molecular complexity index is 822. The van der Waals surface area contributed by atoms with Crippen LogP contribution in [0.3, 0.4) is 0 Å². The third-order valence-corrected chi connectivity index (χ3v) is 4.27. The van der Waals surface area contributed by atoms with Gasteiger partial charge in [0.25, 0.3) is 5.91 Å². The summed E-state index contributed by atoms with van der Waals surface area (Å²) < 4.78 is 27.1. The minimum atomic E-state index is -0.964. The molecule has 0 aliphatic carbocycles. The number of nitrogens with zero attached hydrogens (tertiary/aromatic N) is 1. The predicted octanol–water partition coefficient (Wildman–Crippen LogP) is 3.57. The molecule has 24 heavy (non-hydrogen) atoms. The Morgan fingerprint density at radius 3 is 2.54 bits per heavy atom. The van der Waals surface area contributed by atoms with E-state index < -0.39 is 35.5 Å². The molecule has 0 bridgehead atoms. The highest BCUT2D eigenvalue weighted by atomic mass is 19.1. The van der Waals surface area contributed by atoms with Gasteiger partial charge in [0.15, 0.2) is 0 Å². The van der Waals surface area contributed by atoms with Crippen LogP contribution in [0.25, 0.3) is 0 Å². The number of carboxylic acid groups (broad SMARTS) is 1. The lowest BCUT2D eigenvalue weighted by Crippen LogP contribution is -2.44. The second-order valence-electron chi connectivity index (χ2n) is 5.83. The Morgan fingerprint density at radius 2 is 1.88 bits per heavy atom. The molecule has 4 nitrogen and oxygen atoms in total. The molecule has 1 heterocycles. The highest BCUT2D eigenvalue weighted by Gasteiger charge is 2.37. The van der Waals surface area contributed by atoms with Crippen molar-refractivity contribution in [2.75, 3.05) is 4.90 Å². The number of carbonyl (C=O) groups excluding carboxylic acids is 1. The van der Waals surface area contributed by atoms with Gasteiger partial charge in [-0.2, -0.15) is 0 Å². The van der Waals surface area contributed by atoms with E-state index in [0.29, 0.717) is 17.3 Å². The highest BCUT2D eigenvalue weighted by molar-refractivity contribution is 6.08. The van der Waals surface area contributed by atoms with Crippen molar-refractivity contribution in [3.05, 3.63) is 65.2 Å². The summed E-state index contributed by atoms with van der Waals surface area (Å²) in [5, 5.41) is 9.41. The fraction of sp³-hybridized carbons (Fsp3) is 0.222. The van der Waals surface area contributed by atoms with E-state index in [1.165, 1.54) is 4.90 Å². The van der Waals surface area contributed by atoms with Gasteiger partial charge in [0.2, 0.25) is 0 Å². The quantitative estimate of drug-likeness (QED) is 0.915. The first-order valence-electron chi connectivity index (χ1n) is 7.50. The van der Waals surface area contributed by atoms with Gasteiger partial charge in [0, 0.05) is 17.8 Å². The zero-order valence-electron chi connectivity index (χ0n) is 12.9. The number of aliphatic carboxylic acids is 1. The molecule has 0 saturated heterocycles. The second kappa shape index (κ2) is 6.03. The molecule has 2 aromatic carbocycles. The first-order valence-corrected chi connectivity index (χ1v) is 7.50. The normalized spacial score (nSPS) is 19.7. The average Bonchev–Trinajstić information content (AvgIpc) is 2.53. The van der Waals surface area contributed by atoms with Gasteiger partial charge < -0.3 is 10.0 Å². The lowest BCUT2D eigenvalue weighted by atomic mass is 9.85. The SMILES string of the molecule is CC1CC(C(=O)O)c2ccccc2N1C(=O)c1ccc(F)cc1F. The minimum absolute atomic E-state index is 0.223. The van der Waals surface area contributed by atoms with E-state index in [1.807, 2.05) is 0 Å². The molecule has 1 aliphatic rings. The van der Waals surface area contributed by atoms with Gasteiger partial charge in [0.05, 0.1) is 11.5 Å². The van der Waals surface area contributed by atoms with Gasteiger partial charge in [-0.15, -0.1) is 0 Å². The Hall–Kier alpha value is -2.76. The van der Waals surface area contributed by atoms with Gasteiger partial charge >= 0.3 is 5.97 Å². The van der Waals surface area contributed by atoms with Crippen LogP contribution in [0.15, 0.2) is 42.5 Å². The minimum Gasteiger partial charge on any atom is -0.481 e. The number of hydrogen-bond donors (Lipinski definition) is 1. The zero-order chi connectivity index (χ0) is 17.4. The maximum Gasteiger partial charge on any atom is 0.311 e. The monoisotopic (exact) mass is 331 g/mol. The summed E-state index contributed by atoms with van der Waals surface area (Å²) in [4.78, 5) is 25.7. The Kier molecular flexibility index (Phi) is 4.05. The van der Waals surface area contributed by atoms with Crippen LogP contribution in [0, 0.1) is 11.6 Å². The predicted molar refractivity (Wildman–Crippen MR) is 84.1 cm³/mol. The van der Waals surface area contributed by atoms with Crippen molar-refractivity contribution in [1.29, 1.82) is 0 Å². The molecule has 0 aromatic heterocycles. The van der Waals surface area contributed by atoms with Crippen molar-refractivity contribution < 1.29 is 23.5 Å². The molecule has 1 aliphatic heterocycles. The lowest BCUT2D eigenvalue weighted by Gasteiger charge is -2.38. The number of carboxylic acids is 1. The van der Waals surface area contributed by atoms with E-state index in [4.69, 9.17) is 0 Å². The van der Waals surface area contributed by atoms with Crippen LogP contribution in [0.4, 0.5) is 14.5 Å². The van der Waals surface area contributed by atoms with E-state index in [0.717, 1.165) is 12.1 Å². The summed E-state index contributed by atoms with van der Waals surface area (Å²) in [6, 6.07) is 9.04. The number of amides is 1. The molecule has 2 atom stereocenters. The number of hydrogen-bond acceptors (Lipinski definition) is 2. The number of carbonyl (C=O) groups is 2. The maximum atomic E-state index is 14.0. The van der Waals surface area contributed by atoms with E-state index in [1.54, 1.807) is 31.2 Å². The molecule has 0 spiro atoms. The van der Waals surface area contributed by atoms with E-state index >= 15 is 0 Å². The van der Waals surface area contributed by atoms with E-state index in [2.05, 4.69) is 0 Å². The number of anilines is 1. The van der Waals surface area contributed by atoms with Crippen molar-refractivity contribution in [3.63, 3.8) is 0 Å². The molecule has 2 unspecified atom stereocenters. The average molecular weight is 331 g/mol. The van der Waals surface area contributed by atoms with Crippen molar-refractivity contribution in [2.45, 2.75) is 25.3 Å². The Morgan fingerprint density at radius 1 is 1.17 bits per heavy atom. The van der Waals surface area contributed by atoms with Gasteiger partial charge in [0.1, 0.15) is 11.6 Å². The molecular formula is C18H15F2NO3. The van der Waals surface area contributed by atoms with Gasteiger partial charge in [-0.3, -0.25) is 9.59 Å². The smallest absolute Gasteiger partial charge is 0.311 e. The standard InChI is InChI=1S/C18H15F2NO3/c1-10-8-14(18(23)24)12-4-2-3-5-16(12)21(10)17(22)13-7-6-11(19)9-15(13)20/h2-7,9-10,14H,8H2,1H3,(H,23,24). The Balaban J connectivity index is 2.08. The molecule has 3 rings (SSSR count). The zero-order valence-corrected chi connectivity index (χ0v) is 12.9. The van der Waals surface area contributed by atoms with Crippen LogP contribution in [0.1, 0.15) is 35.2 Å². The molecule has 1 amide bonds. The third-order valence-electron chi connectivity index (χ3n) is 4.27. The van der Waals surface area contributed by atoms with Crippen LogP contribution >= 0.6 is 0 Å². The molecule has 1 N–H and O–H groups in total. The molecule has 0 saturated carbocycles. The van der Waals surface area contributed by atoms with Gasteiger partial charge in [-0.25, -0.2) is 8.78 Å². The van der Waals surface area contributed by atoms with Crippen molar-refractivity contribution in [3.8, 4) is 0 Å². The molecule has 0 fully saturated rings. The van der Waals surface area contributed by atoms with Crippen molar-refractivity contribution in [1.82, 2.24) is 0 Å². The molecular weight excluding hydrogens is 316 g/mol. The van der Waals surface area contributed by atoms with Crippen LogP contribution < -0.4 is 4.90 Å². The third kappa shape index (κ3) is 2.64. The summed E-state index contributed by atoms with van der Waals surface area (Å²) in [5.74, 6) is -4.00. The Labute approximate surface area is 137 Å². The van der Waals surface area contributed by atoms with Crippen LogP contribution in [-0.2, 0) is 4.79 Å². The summed E-state index contributed by atoms with van der Waals surface area (Å²) in [6.45, 7) is 1.71. The number of para-hydroxylation sites is 1. The fourth-order valence-corrected chi connectivity index (χ4v) is 3.15. The van der Waals surface area contributed by atoms with Crippen LogP contribution in [0.2, 0.25) is 0 Å². The first kappa shape index (κ1) is 16.1. The highest BCUT2D eigenvalue weighted by Crippen LogP contribution is 2.39. The first-order chi connectivity index (χ1) is 11.4. The van der Waals surface area contributed by atoms with Crippen molar-refractivity contribution >= 4 is 17.6 Å². The number of benzene rings is 2. The number of fused-ring (bicyclic) bond motifs is 1.